The highest BCUT2D eigenvalue weighted by Gasteiger charge is 2.09. The Kier molecular flexibility index (Phi) is 2.73. The van der Waals surface area contributed by atoms with Gasteiger partial charge in [-0.2, -0.15) is 5.26 Å². The van der Waals surface area contributed by atoms with Gasteiger partial charge in [-0.3, -0.25) is 0 Å². The van der Waals surface area contributed by atoms with Crippen LogP contribution >= 0.6 is 0 Å². The molecule has 0 amide bonds. The zero-order valence-electron chi connectivity index (χ0n) is 8.88. The number of aryl methyl sites for hydroxylation is 1. The predicted molar refractivity (Wildman–Crippen MR) is 61.6 cm³/mol. The maximum atomic E-state index is 8.83. The lowest BCUT2D eigenvalue weighted by molar-refractivity contribution is 0.883. The number of para-hydroxylation sites is 1. The summed E-state index contributed by atoms with van der Waals surface area (Å²) in [6.45, 7) is 2.15. The highest BCUT2D eigenvalue weighted by molar-refractivity contribution is 5.84. The van der Waals surface area contributed by atoms with Crippen LogP contribution in [0.5, 0.6) is 0 Å². The van der Waals surface area contributed by atoms with Crippen LogP contribution in [0.2, 0.25) is 0 Å². The maximum Gasteiger partial charge on any atom is 0.0670 e. The number of nitrogens with zero attached hydrogens (tertiary/aromatic N) is 1. The molecule has 1 aromatic heterocycles. The van der Waals surface area contributed by atoms with Crippen LogP contribution < -0.4 is 0 Å². The summed E-state index contributed by atoms with van der Waals surface area (Å²) >= 11 is 0. The van der Waals surface area contributed by atoms with Crippen molar-refractivity contribution in [2.24, 2.45) is 0 Å². The van der Waals surface area contributed by atoms with Gasteiger partial charge < -0.3 is 4.98 Å². The minimum absolute atomic E-state index is 0.499. The molecular weight excluding hydrogens is 184 g/mol. The summed E-state index contributed by atoms with van der Waals surface area (Å²) < 4.78 is 0. The smallest absolute Gasteiger partial charge is 0.0670 e. The molecular formula is C13H14N2. The molecule has 76 valence electrons. The lowest BCUT2D eigenvalue weighted by atomic mass is 10.1. The van der Waals surface area contributed by atoms with Crippen LogP contribution in [-0.2, 0) is 12.8 Å². The van der Waals surface area contributed by atoms with Gasteiger partial charge in [-0.1, -0.05) is 31.5 Å². The molecule has 0 unspecified atom stereocenters. The zero-order chi connectivity index (χ0) is 10.7. The van der Waals surface area contributed by atoms with Crippen molar-refractivity contribution in [3.05, 3.63) is 35.5 Å². The molecule has 1 heterocycles. The average Bonchev–Trinajstić information content (AvgIpc) is 2.59. The molecule has 0 spiro atoms. The summed E-state index contributed by atoms with van der Waals surface area (Å²) in [6.07, 6.45) is 2.62. The molecule has 0 saturated heterocycles. The normalized spacial score (nSPS) is 10.4. The van der Waals surface area contributed by atoms with E-state index in [0.29, 0.717) is 6.42 Å². The van der Waals surface area contributed by atoms with E-state index in [1.165, 1.54) is 16.6 Å². The number of H-pyrrole nitrogens is 1. The summed E-state index contributed by atoms with van der Waals surface area (Å²) in [5.74, 6) is 0. The highest BCUT2D eigenvalue weighted by atomic mass is 14.7. The molecule has 0 aliphatic heterocycles. The van der Waals surface area contributed by atoms with Crippen LogP contribution in [0.25, 0.3) is 10.9 Å². The van der Waals surface area contributed by atoms with Gasteiger partial charge in [0.2, 0.25) is 0 Å². The predicted octanol–water partition coefficient (Wildman–Crippen LogP) is 3.19. The molecule has 1 N–H and O–H groups in total. The number of nitriles is 1. The molecule has 15 heavy (non-hydrogen) atoms. The first-order valence-corrected chi connectivity index (χ1v) is 5.32. The van der Waals surface area contributed by atoms with E-state index < -0.39 is 0 Å². The van der Waals surface area contributed by atoms with Crippen LogP contribution in [0, 0.1) is 11.3 Å². The Morgan fingerprint density at radius 3 is 2.87 bits per heavy atom. The number of aromatic nitrogens is 1. The Morgan fingerprint density at radius 2 is 2.13 bits per heavy atom. The summed E-state index contributed by atoms with van der Waals surface area (Å²) in [4.78, 5) is 3.40. The van der Waals surface area contributed by atoms with Gasteiger partial charge in [-0.25, -0.2) is 0 Å². The van der Waals surface area contributed by atoms with Gasteiger partial charge >= 0.3 is 0 Å². The van der Waals surface area contributed by atoms with Gasteiger partial charge in [0.25, 0.3) is 0 Å². The van der Waals surface area contributed by atoms with E-state index in [2.05, 4.69) is 30.1 Å². The summed E-state index contributed by atoms with van der Waals surface area (Å²) in [5, 5.41) is 10.0. The summed E-state index contributed by atoms with van der Waals surface area (Å²) in [7, 11) is 0. The molecule has 2 aromatic rings. The van der Waals surface area contributed by atoms with Crippen molar-refractivity contribution in [3.63, 3.8) is 0 Å². The molecule has 0 fully saturated rings. The standard InChI is InChI=1S/C13H14N2/c1-2-5-12-11(8-9-14)10-6-3-4-7-13(10)15-12/h3-4,6-7,15H,2,5,8H2,1H3. The van der Waals surface area contributed by atoms with Crippen LogP contribution in [-0.4, -0.2) is 4.98 Å². The molecule has 0 bridgehead atoms. The summed E-state index contributed by atoms with van der Waals surface area (Å²) in [6, 6.07) is 10.4. The SMILES string of the molecule is CCCc1[nH]c2ccccc2c1CC#N. The number of nitrogens with one attached hydrogen (secondary N) is 1. The fraction of sp³-hybridized carbons (Fsp3) is 0.308. The lowest BCUT2D eigenvalue weighted by Gasteiger charge is -1.97. The third-order valence-corrected chi connectivity index (χ3v) is 2.66. The quantitative estimate of drug-likeness (QED) is 0.808. The van der Waals surface area contributed by atoms with E-state index in [0.717, 1.165) is 18.4 Å². The van der Waals surface area contributed by atoms with Gasteiger partial charge in [-0.05, 0) is 18.1 Å². The van der Waals surface area contributed by atoms with E-state index in [1.54, 1.807) is 0 Å². The van der Waals surface area contributed by atoms with Crippen LogP contribution in [0.4, 0.5) is 0 Å². The average molecular weight is 198 g/mol. The molecule has 0 radical (unpaired) electrons. The topological polar surface area (TPSA) is 39.6 Å². The number of hydrogen-bond donors (Lipinski definition) is 1. The van der Waals surface area contributed by atoms with Crippen molar-refractivity contribution in [3.8, 4) is 6.07 Å². The van der Waals surface area contributed by atoms with Gasteiger partial charge in [0.1, 0.15) is 0 Å². The summed E-state index contributed by atoms with van der Waals surface area (Å²) in [5.41, 5.74) is 3.54. The molecule has 0 aliphatic carbocycles. The molecule has 1 aromatic carbocycles. The number of aromatic amines is 1. The minimum atomic E-state index is 0.499. The second kappa shape index (κ2) is 4.18. The maximum absolute atomic E-state index is 8.83. The molecule has 2 rings (SSSR count). The molecule has 0 atom stereocenters. The van der Waals surface area contributed by atoms with Gasteiger partial charge in [0.05, 0.1) is 12.5 Å². The van der Waals surface area contributed by atoms with Crippen molar-refractivity contribution >= 4 is 10.9 Å². The van der Waals surface area contributed by atoms with E-state index >= 15 is 0 Å². The number of hydrogen-bond acceptors (Lipinski definition) is 1. The first kappa shape index (κ1) is 9.79. The third-order valence-electron chi connectivity index (χ3n) is 2.66. The second-order valence-electron chi connectivity index (χ2n) is 3.71. The first-order chi connectivity index (χ1) is 7.36. The first-order valence-electron chi connectivity index (χ1n) is 5.32. The molecule has 2 nitrogen and oxygen atoms in total. The Morgan fingerprint density at radius 1 is 1.33 bits per heavy atom. The molecule has 0 aliphatic rings. The Hall–Kier alpha value is -1.75. The van der Waals surface area contributed by atoms with Crippen molar-refractivity contribution in [1.29, 1.82) is 5.26 Å². The van der Waals surface area contributed by atoms with Gasteiger partial charge in [0.15, 0.2) is 0 Å². The Bertz CT molecular complexity index is 503. The van der Waals surface area contributed by atoms with Gasteiger partial charge in [0, 0.05) is 16.6 Å². The lowest BCUT2D eigenvalue weighted by Crippen LogP contribution is -1.89. The van der Waals surface area contributed by atoms with Crippen molar-refractivity contribution in [2.45, 2.75) is 26.2 Å². The molecule has 2 heteroatoms. The third kappa shape index (κ3) is 1.73. The monoisotopic (exact) mass is 198 g/mol. The van der Waals surface area contributed by atoms with Gasteiger partial charge in [-0.15, -0.1) is 0 Å². The van der Waals surface area contributed by atoms with Crippen LogP contribution in [0.3, 0.4) is 0 Å². The van der Waals surface area contributed by atoms with Crippen molar-refractivity contribution in [2.75, 3.05) is 0 Å². The van der Waals surface area contributed by atoms with E-state index in [4.69, 9.17) is 5.26 Å². The van der Waals surface area contributed by atoms with Crippen molar-refractivity contribution < 1.29 is 0 Å². The minimum Gasteiger partial charge on any atom is -0.358 e. The molecule has 0 saturated carbocycles. The van der Waals surface area contributed by atoms with Crippen LogP contribution in [0.15, 0.2) is 24.3 Å². The fourth-order valence-electron chi connectivity index (χ4n) is 2.00. The Labute approximate surface area is 89.5 Å². The number of fused-ring (bicyclic) bond motifs is 1. The second-order valence-corrected chi connectivity index (χ2v) is 3.71. The van der Waals surface area contributed by atoms with E-state index in [9.17, 15) is 0 Å². The largest absolute Gasteiger partial charge is 0.358 e. The highest BCUT2D eigenvalue weighted by Crippen LogP contribution is 2.23. The van der Waals surface area contributed by atoms with Crippen LogP contribution in [0.1, 0.15) is 24.6 Å². The van der Waals surface area contributed by atoms with Crippen molar-refractivity contribution in [1.82, 2.24) is 4.98 Å². The number of rotatable bonds is 3. The van der Waals surface area contributed by atoms with E-state index in [-0.39, 0.29) is 0 Å². The number of benzene rings is 1. The Balaban J connectivity index is 2.59. The fourth-order valence-corrected chi connectivity index (χ4v) is 2.00. The van der Waals surface area contributed by atoms with E-state index in [1.807, 2.05) is 12.1 Å². The zero-order valence-corrected chi connectivity index (χ0v) is 8.88.